The Bertz CT molecular complexity index is 644. The van der Waals surface area contributed by atoms with Gasteiger partial charge in [0.15, 0.2) is 5.78 Å². The van der Waals surface area contributed by atoms with E-state index in [1.54, 1.807) is 18.3 Å². The summed E-state index contributed by atoms with van der Waals surface area (Å²) in [6.45, 7) is 3.98. The zero-order valence-electron chi connectivity index (χ0n) is 10.4. The first-order valence-corrected chi connectivity index (χ1v) is 5.70. The van der Waals surface area contributed by atoms with Crippen molar-refractivity contribution in [3.05, 3.63) is 63.8 Å². The third-order valence-electron chi connectivity index (χ3n) is 2.93. The molecule has 0 unspecified atom stereocenters. The summed E-state index contributed by atoms with van der Waals surface area (Å²) in [7, 11) is 0. The lowest BCUT2D eigenvalue weighted by Gasteiger charge is -2.06. The number of benzene rings is 1. The van der Waals surface area contributed by atoms with Crippen molar-refractivity contribution in [2.75, 3.05) is 0 Å². The van der Waals surface area contributed by atoms with Crippen molar-refractivity contribution in [2.24, 2.45) is 0 Å². The number of aromatic nitrogens is 2. The highest BCUT2D eigenvalue weighted by atomic mass is 16.2. The normalized spacial score (nSPS) is 10.3. The molecule has 0 bridgehead atoms. The van der Waals surface area contributed by atoms with E-state index in [4.69, 9.17) is 0 Å². The minimum absolute atomic E-state index is 0.0230. The molecule has 0 saturated carbocycles. The lowest BCUT2D eigenvalue weighted by atomic mass is 10.0. The number of hydrogen-bond donors (Lipinski definition) is 0. The average Bonchev–Trinajstić information content (AvgIpc) is 2.35. The first-order valence-electron chi connectivity index (χ1n) is 5.70. The van der Waals surface area contributed by atoms with Crippen LogP contribution in [0.2, 0.25) is 0 Å². The molecule has 92 valence electrons. The number of Topliss-reactive ketones (excluding diaryl/α,β-unsaturated/α-hetero) is 1. The van der Waals surface area contributed by atoms with E-state index in [0.29, 0.717) is 5.56 Å². The van der Waals surface area contributed by atoms with E-state index >= 15 is 0 Å². The summed E-state index contributed by atoms with van der Waals surface area (Å²) in [6.07, 6.45) is 2.98. The first-order chi connectivity index (χ1) is 8.58. The van der Waals surface area contributed by atoms with Gasteiger partial charge >= 0.3 is 5.69 Å². The molecule has 18 heavy (non-hydrogen) atoms. The van der Waals surface area contributed by atoms with Crippen LogP contribution in [0.1, 0.15) is 21.5 Å². The highest BCUT2D eigenvalue weighted by Gasteiger charge is 2.08. The van der Waals surface area contributed by atoms with Crippen LogP contribution in [-0.2, 0) is 6.54 Å². The molecular formula is C14H14N2O2. The second-order valence-corrected chi connectivity index (χ2v) is 4.25. The van der Waals surface area contributed by atoms with Crippen molar-refractivity contribution in [3.63, 3.8) is 0 Å². The molecule has 4 nitrogen and oxygen atoms in total. The SMILES string of the molecule is Cc1ccc(C(=O)Cn2cccnc2=O)cc1C. The van der Waals surface area contributed by atoms with Gasteiger partial charge in [-0.25, -0.2) is 9.78 Å². The fourth-order valence-corrected chi connectivity index (χ4v) is 1.67. The van der Waals surface area contributed by atoms with Crippen LogP contribution in [0.25, 0.3) is 0 Å². The monoisotopic (exact) mass is 242 g/mol. The molecule has 2 rings (SSSR count). The largest absolute Gasteiger partial charge is 0.347 e. The Morgan fingerprint density at radius 1 is 1.28 bits per heavy atom. The second-order valence-electron chi connectivity index (χ2n) is 4.25. The van der Waals surface area contributed by atoms with Gasteiger partial charge in [-0.2, -0.15) is 0 Å². The van der Waals surface area contributed by atoms with Crippen LogP contribution in [0.4, 0.5) is 0 Å². The van der Waals surface area contributed by atoms with Crippen LogP contribution < -0.4 is 5.69 Å². The highest BCUT2D eigenvalue weighted by molar-refractivity contribution is 5.96. The van der Waals surface area contributed by atoms with Gasteiger partial charge in [-0.15, -0.1) is 0 Å². The molecule has 1 aromatic heterocycles. The number of rotatable bonds is 3. The third-order valence-corrected chi connectivity index (χ3v) is 2.93. The Morgan fingerprint density at radius 3 is 2.72 bits per heavy atom. The number of ketones is 1. The number of carbonyl (C=O) groups is 1. The predicted molar refractivity (Wildman–Crippen MR) is 68.7 cm³/mol. The van der Waals surface area contributed by atoms with Crippen LogP contribution in [0, 0.1) is 13.8 Å². The van der Waals surface area contributed by atoms with Crippen LogP contribution in [0.3, 0.4) is 0 Å². The van der Waals surface area contributed by atoms with Crippen molar-refractivity contribution in [1.29, 1.82) is 0 Å². The summed E-state index contributed by atoms with van der Waals surface area (Å²) in [5.41, 5.74) is 2.42. The van der Waals surface area contributed by atoms with Gasteiger partial charge in [-0.1, -0.05) is 12.1 Å². The van der Waals surface area contributed by atoms with Gasteiger partial charge < -0.3 is 0 Å². The van der Waals surface area contributed by atoms with Gasteiger partial charge in [0, 0.05) is 18.0 Å². The fourth-order valence-electron chi connectivity index (χ4n) is 1.67. The minimum atomic E-state index is -0.408. The van der Waals surface area contributed by atoms with E-state index in [1.807, 2.05) is 26.0 Å². The molecule has 0 amide bonds. The number of nitrogens with zero attached hydrogens (tertiary/aromatic N) is 2. The van der Waals surface area contributed by atoms with Gasteiger partial charge in [0.1, 0.15) is 0 Å². The van der Waals surface area contributed by atoms with Crippen LogP contribution in [0.5, 0.6) is 0 Å². The molecule has 0 aliphatic carbocycles. The van der Waals surface area contributed by atoms with Gasteiger partial charge in [0.05, 0.1) is 6.54 Å². The predicted octanol–water partition coefficient (Wildman–Crippen LogP) is 1.74. The van der Waals surface area contributed by atoms with Crippen molar-refractivity contribution < 1.29 is 4.79 Å². The standard InChI is InChI=1S/C14H14N2O2/c1-10-4-5-12(8-11(10)2)13(17)9-16-7-3-6-15-14(16)18/h3-8H,9H2,1-2H3. The second kappa shape index (κ2) is 4.96. The molecule has 0 spiro atoms. The van der Waals surface area contributed by atoms with Gasteiger partial charge in [0.2, 0.25) is 0 Å². The van der Waals surface area contributed by atoms with Crippen molar-refractivity contribution in [2.45, 2.75) is 20.4 Å². The van der Waals surface area contributed by atoms with Gasteiger partial charge in [-0.3, -0.25) is 9.36 Å². The molecule has 1 aromatic carbocycles. The van der Waals surface area contributed by atoms with E-state index in [9.17, 15) is 9.59 Å². The molecular weight excluding hydrogens is 228 g/mol. The quantitative estimate of drug-likeness (QED) is 0.770. The van der Waals surface area contributed by atoms with Crippen LogP contribution in [0.15, 0.2) is 41.5 Å². The Hall–Kier alpha value is -2.23. The third kappa shape index (κ3) is 2.53. The summed E-state index contributed by atoms with van der Waals surface area (Å²) in [4.78, 5) is 27.1. The summed E-state index contributed by atoms with van der Waals surface area (Å²) in [5, 5.41) is 0. The van der Waals surface area contributed by atoms with Crippen molar-refractivity contribution in [1.82, 2.24) is 9.55 Å². The van der Waals surface area contributed by atoms with Crippen molar-refractivity contribution in [3.8, 4) is 0 Å². The lowest BCUT2D eigenvalue weighted by Crippen LogP contribution is -2.25. The Labute approximate surface area is 105 Å². The smallest absolute Gasteiger partial charge is 0.292 e. The molecule has 0 saturated heterocycles. The molecule has 0 radical (unpaired) electrons. The number of hydrogen-bond acceptors (Lipinski definition) is 3. The Balaban J connectivity index is 2.25. The number of aryl methyl sites for hydroxylation is 2. The van der Waals surface area contributed by atoms with E-state index < -0.39 is 5.69 Å². The fraction of sp³-hybridized carbons (Fsp3) is 0.214. The summed E-state index contributed by atoms with van der Waals surface area (Å²) >= 11 is 0. The Morgan fingerprint density at radius 2 is 2.06 bits per heavy atom. The summed E-state index contributed by atoms with van der Waals surface area (Å²) in [6, 6.07) is 7.18. The first kappa shape index (κ1) is 12.2. The van der Waals surface area contributed by atoms with Gasteiger partial charge in [-0.05, 0) is 37.1 Å². The van der Waals surface area contributed by atoms with Crippen molar-refractivity contribution >= 4 is 5.78 Å². The summed E-state index contributed by atoms with van der Waals surface area (Å²) < 4.78 is 1.30. The van der Waals surface area contributed by atoms with Crippen LogP contribution in [-0.4, -0.2) is 15.3 Å². The Kier molecular flexibility index (Phi) is 3.37. The van der Waals surface area contributed by atoms with E-state index in [0.717, 1.165) is 11.1 Å². The molecule has 0 aliphatic rings. The van der Waals surface area contributed by atoms with E-state index in [2.05, 4.69) is 4.98 Å². The van der Waals surface area contributed by atoms with E-state index in [1.165, 1.54) is 10.8 Å². The molecule has 0 aliphatic heterocycles. The van der Waals surface area contributed by atoms with E-state index in [-0.39, 0.29) is 12.3 Å². The molecule has 1 heterocycles. The van der Waals surface area contributed by atoms with Gasteiger partial charge in [0.25, 0.3) is 0 Å². The lowest BCUT2D eigenvalue weighted by molar-refractivity contribution is 0.0970. The summed E-state index contributed by atoms with van der Waals surface area (Å²) in [5.74, 6) is -0.0896. The average molecular weight is 242 g/mol. The molecule has 0 N–H and O–H groups in total. The number of carbonyl (C=O) groups excluding carboxylic acids is 1. The molecule has 0 atom stereocenters. The maximum absolute atomic E-state index is 12.0. The highest BCUT2D eigenvalue weighted by Crippen LogP contribution is 2.10. The van der Waals surface area contributed by atoms with Crippen LogP contribution >= 0.6 is 0 Å². The minimum Gasteiger partial charge on any atom is -0.292 e. The molecule has 0 fully saturated rings. The zero-order chi connectivity index (χ0) is 13.1. The maximum atomic E-state index is 12.0. The topological polar surface area (TPSA) is 52.0 Å². The maximum Gasteiger partial charge on any atom is 0.347 e. The zero-order valence-corrected chi connectivity index (χ0v) is 10.4. The molecule has 4 heteroatoms. The molecule has 2 aromatic rings.